The zero-order valence-electron chi connectivity index (χ0n) is 7.93. The highest BCUT2D eigenvalue weighted by Crippen LogP contribution is 1.94. The highest BCUT2D eigenvalue weighted by atomic mass is 32.3. The highest BCUT2D eigenvalue weighted by Gasteiger charge is 2.04. The minimum atomic E-state index is -4.38. The highest BCUT2D eigenvalue weighted by molar-refractivity contribution is 7.80. The third-order valence-corrected chi connectivity index (χ3v) is 1.70. The van der Waals surface area contributed by atoms with E-state index in [9.17, 15) is 13.2 Å². The van der Waals surface area contributed by atoms with E-state index >= 15 is 0 Å². The van der Waals surface area contributed by atoms with Crippen LogP contribution >= 0.6 is 0 Å². The molecule has 0 saturated carbocycles. The predicted molar refractivity (Wildman–Crippen MR) is 48.0 cm³/mol. The van der Waals surface area contributed by atoms with E-state index in [-0.39, 0.29) is 25.6 Å². The van der Waals surface area contributed by atoms with Crippen molar-refractivity contribution in [3.63, 3.8) is 0 Å². The van der Waals surface area contributed by atoms with Crippen LogP contribution < -0.4 is 0 Å². The van der Waals surface area contributed by atoms with E-state index in [4.69, 9.17) is 9.29 Å². The Labute approximate surface area is 83.2 Å². The number of hydrogen-bond donors (Lipinski definition) is 1. The first kappa shape index (κ1) is 13.3. The number of carbonyl (C=O) groups excluding carboxylic acids is 1. The van der Waals surface area contributed by atoms with Crippen molar-refractivity contribution in [1.29, 1.82) is 0 Å². The average Bonchev–Trinajstić information content (AvgIpc) is 2.02. The van der Waals surface area contributed by atoms with Gasteiger partial charge in [0.1, 0.15) is 0 Å². The Morgan fingerprint density at radius 1 is 1.36 bits per heavy atom. The summed E-state index contributed by atoms with van der Waals surface area (Å²) in [5.74, 6) is -0.320. The summed E-state index contributed by atoms with van der Waals surface area (Å²) in [5.41, 5.74) is 0. The molecule has 0 unspecified atom stereocenters. The first-order valence-corrected chi connectivity index (χ1v) is 5.59. The lowest BCUT2D eigenvalue weighted by molar-refractivity contribution is -0.143. The van der Waals surface area contributed by atoms with E-state index in [2.05, 4.69) is 4.18 Å². The van der Waals surface area contributed by atoms with Gasteiger partial charge in [0.25, 0.3) is 0 Å². The Balaban J connectivity index is 3.34. The average molecular weight is 226 g/mol. The monoisotopic (exact) mass is 226 g/mol. The van der Waals surface area contributed by atoms with Gasteiger partial charge < -0.3 is 4.74 Å². The summed E-state index contributed by atoms with van der Waals surface area (Å²) in [6.07, 6.45) is 1.29. The van der Waals surface area contributed by atoms with Gasteiger partial charge in [-0.3, -0.25) is 9.35 Å². The van der Waals surface area contributed by atoms with E-state index in [1.54, 1.807) is 0 Å². The molecule has 0 aliphatic heterocycles. The van der Waals surface area contributed by atoms with Crippen LogP contribution in [0.1, 0.15) is 26.2 Å². The van der Waals surface area contributed by atoms with Crippen molar-refractivity contribution >= 4 is 16.4 Å². The lowest BCUT2D eigenvalue weighted by Gasteiger charge is -2.02. The molecular formula is C7H14O6S. The van der Waals surface area contributed by atoms with Crippen LogP contribution in [0.15, 0.2) is 0 Å². The minimum absolute atomic E-state index is 0.0916. The molecule has 0 aromatic heterocycles. The fourth-order valence-electron chi connectivity index (χ4n) is 0.685. The van der Waals surface area contributed by atoms with Gasteiger partial charge in [-0.05, 0) is 6.42 Å². The van der Waals surface area contributed by atoms with Crippen molar-refractivity contribution in [2.45, 2.75) is 26.2 Å². The molecule has 0 aromatic rings. The fourth-order valence-corrected chi connectivity index (χ4v) is 1.01. The molecule has 0 rings (SSSR count). The first-order valence-electron chi connectivity index (χ1n) is 4.23. The van der Waals surface area contributed by atoms with Gasteiger partial charge in [-0.25, -0.2) is 4.18 Å². The van der Waals surface area contributed by atoms with Crippen molar-refractivity contribution in [2.75, 3.05) is 13.2 Å². The van der Waals surface area contributed by atoms with E-state index < -0.39 is 10.4 Å². The number of carbonyl (C=O) groups is 1. The molecule has 0 radical (unpaired) electrons. The van der Waals surface area contributed by atoms with E-state index in [1.807, 2.05) is 6.92 Å². The molecule has 0 atom stereocenters. The van der Waals surface area contributed by atoms with Gasteiger partial charge in [0.2, 0.25) is 0 Å². The number of ether oxygens (including phenoxy) is 1. The van der Waals surface area contributed by atoms with Gasteiger partial charge in [-0.2, -0.15) is 8.42 Å². The van der Waals surface area contributed by atoms with Crippen LogP contribution in [0.3, 0.4) is 0 Å². The van der Waals surface area contributed by atoms with Gasteiger partial charge in [-0.1, -0.05) is 6.92 Å². The Kier molecular flexibility index (Phi) is 6.43. The summed E-state index contributed by atoms with van der Waals surface area (Å²) < 4.78 is 37.0. The van der Waals surface area contributed by atoms with Crippen LogP contribution in [0.2, 0.25) is 0 Å². The second-order valence-corrected chi connectivity index (χ2v) is 3.66. The molecule has 7 heteroatoms. The van der Waals surface area contributed by atoms with E-state index in [0.29, 0.717) is 12.8 Å². The summed E-state index contributed by atoms with van der Waals surface area (Å²) >= 11 is 0. The SMILES string of the molecule is CCCC(=O)OCCCOS(=O)(=O)O. The molecule has 0 aliphatic rings. The van der Waals surface area contributed by atoms with Crippen molar-refractivity contribution in [2.24, 2.45) is 0 Å². The van der Waals surface area contributed by atoms with Crippen LogP contribution in [0.4, 0.5) is 0 Å². The maximum atomic E-state index is 10.8. The fraction of sp³-hybridized carbons (Fsp3) is 0.857. The smallest absolute Gasteiger partial charge is 0.397 e. The lowest BCUT2D eigenvalue weighted by Crippen LogP contribution is -2.10. The largest absolute Gasteiger partial charge is 0.466 e. The quantitative estimate of drug-likeness (QED) is 0.387. The van der Waals surface area contributed by atoms with Crippen molar-refractivity contribution in [3.05, 3.63) is 0 Å². The predicted octanol–water partition coefficient (Wildman–Crippen LogP) is 0.539. The van der Waals surface area contributed by atoms with Crippen molar-refractivity contribution in [1.82, 2.24) is 0 Å². The van der Waals surface area contributed by atoms with Crippen molar-refractivity contribution in [3.8, 4) is 0 Å². The summed E-state index contributed by atoms with van der Waals surface area (Å²) in [4.78, 5) is 10.8. The number of rotatable bonds is 7. The summed E-state index contributed by atoms with van der Waals surface area (Å²) in [7, 11) is -4.38. The number of esters is 1. The Morgan fingerprint density at radius 3 is 2.50 bits per heavy atom. The van der Waals surface area contributed by atoms with Crippen LogP contribution in [0, 0.1) is 0 Å². The molecule has 14 heavy (non-hydrogen) atoms. The van der Waals surface area contributed by atoms with Crippen LogP contribution in [-0.4, -0.2) is 32.2 Å². The normalized spacial score (nSPS) is 11.3. The molecule has 0 bridgehead atoms. The second kappa shape index (κ2) is 6.74. The maximum absolute atomic E-state index is 10.8. The molecule has 0 aliphatic carbocycles. The minimum Gasteiger partial charge on any atom is -0.466 e. The molecule has 0 fully saturated rings. The van der Waals surface area contributed by atoms with Gasteiger partial charge in [0.05, 0.1) is 13.2 Å². The molecule has 84 valence electrons. The molecule has 6 nitrogen and oxygen atoms in total. The van der Waals surface area contributed by atoms with Gasteiger partial charge in [0, 0.05) is 12.8 Å². The van der Waals surface area contributed by atoms with Crippen LogP contribution in [-0.2, 0) is 24.1 Å². The lowest BCUT2D eigenvalue weighted by atomic mass is 10.3. The van der Waals surface area contributed by atoms with Gasteiger partial charge in [-0.15, -0.1) is 0 Å². The van der Waals surface area contributed by atoms with Crippen LogP contribution in [0.25, 0.3) is 0 Å². The zero-order valence-corrected chi connectivity index (χ0v) is 8.75. The van der Waals surface area contributed by atoms with Gasteiger partial charge in [0.15, 0.2) is 0 Å². The molecular weight excluding hydrogens is 212 g/mol. The standard InChI is InChI=1S/C7H14O6S/c1-2-4-7(8)12-5-3-6-13-14(9,10)11/h2-6H2,1H3,(H,9,10,11). The first-order chi connectivity index (χ1) is 6.45. The molecule has 1 N–H and O–H groups in total. The van der Waals surface area contributed by atoms with Crippen molar-refractivity contribution < 1.29 is 26.7 Å². The zero-order chi connectivity index (χ0) is 11.0. The Hall–Kier alpha value is -0.660. The summed E-state index contributed by atoms with van der Waals surface area (Å²) in [6, 6.07) is 0. The molecule has 0 spiro atoms. The summed E-state index contributed by atoms with van der Waals surface area (Å²) in [5, 5.41) is 0. The Bertz CT molecular complexity index is 257. The summed E-state index contributed by atoms with van der Waals surface area (Å²) in [6.45, 7) is 1.75. The topological polar surface area (TPSA) is 89.9 Å². The van der Waals surface area contributed by atoms with Gasteiger partial charge >= 0.3 is 16.4 Å². The third kappa shape index (κ3) is 9.43. The second-order valence-electron chi connectivity index (χ2n) is 2.57. The molecule has 0 heterocycles. The molecule has 0 saturated heterocycles. The number of hydrogen-bond acceptors (Lipinski definition) is 5. The maximum Gasteiger partial charge on any atom is 0.397 e. The Morgan fingerprint density at radius 2 is 2.00 bits per heavy atom. The van der Waals surface area contributed by atoms with E-state index in [1.165, 1.54) is 0 Å². The van der Waals surface area contributed by atoms with Crippen LogP contribution in [0.5, 0.6) is 0 Å². The third-order valence-electron chi connectivity index (χ3n) is 1.24. The molecule has 0 amide bonds. The molecule has 0 aromatic carbocycles. The van der Waals surface area contributed by atoms with E-state index in [0.717, 1.165) is 0 Å².